The van der Waals surface area contributed by atoms with Gasteiger partial charge in [-0.2, -0.15) is 0 Å². The molecule has 1 aromatic heterocycles. The highest BCUT2D eigenvalue weighted by molar-refractivity contribution is 5.78. The molecule has 2 fully saturated rings. The van der Waals surface area contributed by atoms with Gasteiger partial charge in [0.2, 0.25) is 5.95 Å². The van der Waals surface area contributed by atoms with Crippen LogP contribution in [0.15, 0.2) is 23.5 Å². The number of piperidine rings is 1. The van der Waals surface area contributed by atoms with Gasteiger partial charge < -0.3 is 25.6 Å². The Hall–Kier alpha value is -2.62. The van der Waals surface area contributed by atoms with Crippen molar-refractivity contribution in [2.75, 3.05) is 63.9 Å². The molecule has 0 aromatic carbocycles. The smallest absolute Gasteiger partial charge is 0.409 e. The van der Waals surface area contributed by atoms with Crippen molar-refractivity contribution in [3.05, 3.63) is 18.5 Å². The van der Waals surface area contributed by atoms with E-state index in [0.717, 1.165) is 51.5 Å². The lowest BCUT2D eigenvalue weighted by Gasteiger charge is -2.34. The molecule has 0 aliphatic carbocycles. The topological polar surface area (TPSA) is 112 Å². The summed E-state index contributed by atoms with van der Waals surface area (Å²) >= 11 is 0. The fraction of sp³-hybridized carbons (Fsp3) is 0.684. The summed E-state index contributed by atoms with van der Waals surface area (Å²) in [5.41, 5.74) is 6.05. The van der Waals surface area contributed by atoms with Crippen LogP contribution in [0.2, 0.25) is 0 Å². The lowest BCUT2D eigenvalue weighted by molar-refractivity contribution is 0.0963. The minimum atomic E-state index is -0.230. The average Bonchev–Trinajstić information content (AvgIpc) is 2.75. The molecule has 2 saturated heterocycles. The second-order valence-corrected chi connectivity index (χ2v) is 7.25. The van der Waals surface area contributed by atoms with E-state index in [-0.39, 0.29) is 12.1 Å². The van der Waals surface area contributed by atoms with E-state index in [1.54, 1.807) is 17.3 Å². The van der Waals surface area contributed by atoms with Gasteiger partial charge >= 0.3 is 6.09 Å². The lowest BCUT2D eigenvalue weighted by atomic mass is 10.1. The van der Waals surface area contributed by atoms with Crippen LogP contribution in [0, 0.1) is 0 Å². The van der Waals surface area contributed by atoms with Crippen LogP contribution in [0.4, 0.5) is 10.7 Å². The van der Waals surface area contributed by atoms with E-state index in [9.17, 15) is 4.79 Å². The summed E-state index contributed by atoms with van der Waals surface area (Å²) in [5.74, 6) is 1.28. The Bertz CT molecular complexity index is 655. The van der Waals surface area contributed by atoms with Crippen molar-refractivity contribution < 1.29 is 9.53 Å². The van der Waals surface area contributed by atoms with Gasteiger partial charge in [-0.25, -0.2) is 14.8 Å². The molecular weight excluding hydrogens is 372 g/mol. The number of aliphatic imine (C=N–C) groups is 1. The van der Waals surface area contributed by atoms with Crippen molar-refractivity contribution >= 4 is 18.0 Å². The molecule has 3 heterocycles. The molecule has 3 N–H and O–H groups in total. The molecule has 10 heteroatoms. The van der Waals surface area contributed by atoms with Crippen LogP contribution < -0.4 is 16.0 Å². The normalized spacial score (nSPS) is 19.3. The Labute approximate surface area is 172 Å². The number of nitrogens with two attached hydrogens (primary N) is 1. The molecule has 160 valence electrons. The molecule has 2 aliphatic rings. The Morgan fingerprint density at radius 3 is 2.55 bits per heavy atom. The highest BCUT2D eigenvalue weighted by atomic mass is 16.6. The molecule has 2 aliphatic heterocycles. The van der Waals surface area contributed by atoms with E-state index < -0.39 is 0 Å². The molecule has 29 heavy (non-hydrogen) atoms. The minimum absolute atomic E-state index is 0.230. The van der Waals surface area contributed by atoms with E-state index in [0.29, 0.717) is 32.2 Å². The van der Waals surface area contributed by atoms with Gasteiger partial charge in [0.25, 0.3) is 0 Å². The third-order valence-corrected chi connectivity index (χ3v) is 5.28. The fourth-order valence-electron chi connectivity index (χ4n) is 3.61. The summed E-state index contributed by atoms with van der Waals surface area (Å²) < 4.78 is 5.04. The summed E-state index contributed by atoms with van der Waals surface area (Å²) in [6.07, 6.45) is 5.02. The van der Waals surface area contributed by atoms with Crippen LogP contribution in [0.1, 0.15) is 19.8 Å². The third kappa shape index (κ3) is 6.45. The number of aromatic nitrogens is 2. The zero-order valence-electron chi connectivity index (χ0n) is 17.2. The summed E-state index contributed by atoms with van der Waals surface area (Å²) in [4.78, 5) is 31.2. The standard InChI is InChI=1S/C19H32N8O2/c1-2-29-19(28)27-9-4-16(5-10-27)24-17(20)21-8-11-25-12-14-26(15-13-25)18-22-6-3-7-23-18/h3,6-7,16H,2,4-5,8-15H2,1H3,(H3,20,21,24). The summed E-state index contributed by atoms with van der Waals surface area (Å²) in [7, 11) is 0. The van der Waals surface area contributed by atoms with E-state index in [2.05, 4.69) is 30.1 Å². The number of nitrogens with one attached hydrogen (secondary N) is 1. The third-order valence-electron chi connectivity index (χ3n) is 5.28. The number of anilines is 1. The molecule has 3 rings (SSSR count). The van der Waals surface area contributed by atoms with E-state index in [4.69, 9.17) is 10.5 Å². The van der Waals surface area contributed by atoms with Crippen molar-refractivity contribution in [1.29, 1.82) is 0 Å². The monoisotopic (exact) mass is 404 g/mol. The maximum absolute atomic E-state index is 11.7. The van der Waals surface area contributed by atoms with Gasteiger partial charge in [0.15, 0.2) is 5.96 Å². The first-order valence-corrected chi connectivity index (χ1v) is 10.4. The van der Waals surface area contributed by atoms with E-state index in [1.807, 2.05) is 13.0 Å². The number of carbonyl (C=O) groups excluding carboxylic acids is 1. The first-order valence-electron chi connectivity index (χ1n) is 10.4. The van der Waals surface area contributed by atoms with Gasteiger partial charge in [-0.1, -0.05) is 0 Å². The number of amides is 1. The molecule has 0 unspecified atom stereocenters. The minimum Gasteiger partial charge on any atom is -0.450 e. The van der Waals surface area contributed by atoms with Crippen molar-refractivity contribution in [3.63, 3.8) is 0 Å². The molecule has 0 atom stereocenters. The molecule has 0 bridgehead atoms. The van der Waals surface area contributed by atoms with E-state index >= 15 is 0 Å². The number of hydrogen-bond donors (Lipinski definition) is 2. The number of likely N-dealkylation sites (tertiary alicyclic amines) is 1. The molecule has 0 saturated carbocycles. The van der Waals surface area contributed by atoms with Gasteiger partial charge in [-0.05, 0) is 25.8 Å². The quantitative estimate of drug-likeness (QED) is 0.508. The lowest BCUT2D eigenvalue weighted by Crippen LogP contribution is -2.49. The highest BCUT2D eigenvalue weighted by Gasteiger charge is 2.23. The average molecular weight is 405 g/mol. The molecule has 1 amide bonds. The zero-order valence-corrected chi connectivity index (χ0v) is 17.2. The Kier molecular flexibility index (Phi) is 7.85. The molecular formula is C19H32N8O2. The second-order valence-electron chi connectivity index (χ2n) is 7.25. The summed E-state index contributed by atoms with van der Waals surface area (Å²) in [6, 6.07) is 2.08. The van der Waals surface area contributed by atoms with Gasteiger partial charge in [0.1, 0.15) is 0 Å². The number of carbonyl (C=O) groups is 1. The van der Waals surface area contributed by atoms with Gasteiger partial charge in [0, 0.05) is 64.2 Å². The second kappa shape index (κ2) is 10.8. The van der Waals surface area contributed by atoms with Gasteiger partial charge in [-0.3, -0.25) is 9.89 Å². The SMILES string of the molecule is CCOC(=O)N1CCC(NC(N)=NCCN2CCN(c3ncccn3)CC2)CC1. The van der Waals surface area contributed by atoms with E-state index in [1.165, 1.54) is 0 Å². The van der Waals surface area contributed by atoms with Crippen molar-refractivity contribution in [1.82, 2.24) is 25.1 Å². The first-order chi connectivity index (χ1) is 14.2. The number of rotatable bonds is 6. The largest absolute Gasteiger partial charge is 0.450 e. The summed E-state index contributed by atoms with van der Waals surface area (Å²) in [6.45, 7) is 8.91. The maximum atomic E-state index is 11.7. The van der Waals surface area contributed by atoms with Crippen molar-refractivity contribution in [2.45, 2.75) is 25.8 Å². The van der Waals surface area contributed by atoms with Crippen molar-refractivity contribution in [2.24, 2.45) is 10.7 Å². The van der Waals surface area contributed by atoms with Crippen LogP contribution in [0.25, 0.3) is 0 Å². The highest BCUT2D eigenvalue weighted by Crippen LogP contribution is 2.11. The predicted octanol–water partition coefficient (Wildman–Crippen LogP) is 0.124. The Balaban J connectivity index is 1.31. The molecule has 0 spiro atoms. The van der Waals surface area contributed by atoms with Crippen LogP contribution in [0.3, 0.4) is 0 Å². The summed E-state index contributed by atoms with van der Waals surface area (Å²) in [5, 5.41) is 3.28. The van der Waals surface area contributed by atoms with Crippen LogP contribution in [0.5, 0.6) is 0 Å². The molecule has 1 aromatic rings. The number of piperazine rings is 1. The molecule has 10 nitrogen and oxygen atoms in total. The van der Waals surface area contributed by atoms with Crippen LogP contribution in [-0.2, 0) is 4.74 Å². The number of ether oxygens (including phenoxy) is 1. The van der Waals surface area contributed by atoms with Crippen LogP contribution >= 0.6 is 0 Å². The van der Waals surface area contributed by atoms with Crippen LogP contribution in [-0.4, -0.2) is 96.8 Å². The van der Waals surface area contributed by atoms with Crippen molar-refractivity contribution in [3.8, 4) is 0 Å². The zero-order chi connectivity index (χ0) is 20.5. The van der Waals surface area contributed by atoms with Gasteiger partial charge in [0.05, 0.1) is 13.2 Å². The fourth-order valence-corrected chi connectivity index (χ4v) is 3.61. The van der Waals surface area contributed by atoms with Gasteiger partial charge in [-0.15, -0.1) is 0 Å². The predicted molar refractivity (Wildman–Crippen MR) is 112 cm³/mol. The first kappa shape index (κ1) is 21.1. The number of guanidine groups is 1. The molecule has 0 radical (unpaired) electrons. The Morgan fingerprint density at radius 1 is 1.21 bits per heavy atom. The number of hydrogen-bond acceptors (Lipinski definition) is 7. The maximum Gasteiger partial charge on any atom is 0.409 e. The Morgan fingerprint density at radius 2 is 1.90 bits per heavy atom. The number of nitrogens with zero attached hydrogens (tertiary/aromatic N) is 6.